The number of thioether (sulfide) groups is 1. The number of nitrogens with one attached hydrogen (secondary N) is 2. The second-order valence-electron chi connectivity index (χ2n) is 5.42. The van der Waals surface area contributed by atoms with Crippen molar-refractivity contribution in [1.82, 2.24) is 5.32 Å². The smallest absolute Gasteiger partial charge is 0.313 e. The van der Waals surface area contributed by atoms with Crippen molar-refractivity contribution in [3.63, 3.8) is 0 Å². The lowest BCUT2D eigenvalue weighted by molar-refractivity contribution is -0.136. The minimum atomic E-state index is -0.926. The average Bonchev–Trinajstić information content (AvgIpc) is 2.62. The molecule has 2 amide bonds. The van der Waals surface area contributed by atoms with Crippen molar-refractivity contribution in [3.8, 4) is 0 Å². The monoisotopic (exact) mass is 362 g/mol. The van der Waals surface area contributed by atoms with E-state index in [1.807, 2.05) is 18.4 Å². The normalized spacial score (nSPS) is 11.7. The van der Waals surface area contributed by atoms with E-state index in [0.29, 0.717) is 11.1 Å². The Bertz CT molecular complexity index is 765. The van der Waals surface area contributed by atoms with E-state index in [2.05, 4.69) is 10.6 Å². The van der Waals surface area contributed by atoms with Crippen LogP contribution in [0.25, 0.3) is 0 Å². The highest BCUT2D eigenvalue weighted by molar-refractivity contribution is 7.98. The summed E-state index contributed by atoms with van der Waals surface area (Å²) in [6.45, 7) is 1.49. The fourth-order valence-electron chi connectivity index (χ4n) is 2.07. The Morgan fingerprint density at radius 3 is 2.44 bits per heavy atom. The largest absolute Gasteiger partial charge is 0.387 e. The predicted molar refractivity (Wildman–Crippen MR) is 96.0 cm³/mol. The molecule has 2 aromatic carbocycles. The van der Waals surface area contributed by atoms with Gasteiger partial charge in [-0.15, -0.1) is 11.8 Å². The maximum Gasteiger partial charge on any atom is 0.313 e. The highest BCUT2D eigenvalue weighted by Gasteiger charge is 2.16. The fourth-order valence-corrected chi connectivity index (χ4v) is 2.48. The van der Waals surface area contributed by atoms with Gasteiger partial charge in [-0.2, -0.15) is 0 Å². The highest BCUT2D eigenvalue weighted by Crippen LogP contribution is 2.18. The molecular weight excluding hydrogens is 343 g/mol. The first-order valence-corrected chi connectivity index (χ1v) is 8.80. The molecule has 1 unspecified atom stereocenters. The van der Waals surface area contributed by atoms with Gasteiger partial charge in [-0.05, 0) is 48.6 Å². The number of rotatable bonds is 5. The Morgan fingerprint density at radius 2 is 1.84 bits per heavy atom. The van der Waals surface area contributed by atoms with E-state index in [9.17, 15) is 19.1 Å². The molecular formula is C18H19FN2O3S. The van der Waals surface area contributed by atoms with Crippen molar-refractivity contribution in [2.75, 3.05) is 18.1 Å². The summed E-state index contributed by atoms with van der Waals surface area (Å²) in [4.78, 5) is 24.7. The number of anilines is 1. The maximum absolute atomic E-state index is 13.4. The predicted octanol–water partition coefficient (Wildman–Crippen LogP) is 2.64. The van der Waals surface area contributed by atoms with Crippen LogP contribution in [0.1, 0.15) is 17.2 Å². The average molecular weight is 362 g/mol. The molecule has 0 saturated heterocycles. The Kier molecular flexibility index (Phi) is 6.55. The third-order valence-electron chi connectivity index (χ3n) is 3.59. The van der Waals surface area contributed by atoms with Crippen LogP contribution in [0.15, 0.2) is 47.4 Å². The first-order valence-electron chi connectivity index (χ1n) is 7.58. The summed E-state index contributed by atoms with van der Waals surface area (Å²) in [7, 11) is 0. The lowest BCUT2D eigenvalue weighted by atomic mass is 10.1. The zero-order valence-corrected chi connectivity index (χ0v) is 14.7. The number of hydrogen-bond donors (Lipinski definition) is 3. The second kappa shape index (κ2) is 8.64. The molecule has 5 nitrogen and oxygen atoms in total. The third-order valence-corrected chi connectivity index (χ3v) is 4.34. The molecule has 0 radical (unpaired) electrons. The summed E-state index contributed by atoms with van der Waals surface area (Å²) in [6, 6.07) is 11.4. The molecule has 0 saturated carbocycles. The van der Waals surface area contributed by atoms with Crippen molar-refractivity contribution < 1.29 is 19.1 Å². The molecule has 3 N–H and O–H groups in total. The summed E-state index contributed by atoms with van der Waals surface area (Å²) < 4.78 is 13.4. The number of benzene rings is 2. The van der Waals surface area contributed by atoms with Gasteiger partial charge >= 0.3 is 11.8 Å². The van der Waals surface area contributed by atoms with Gasteiger partial charge in [0.2, 0.25) is 0 Å². The summed E-state index contributed by atoms with van der Waals surface area (Å²) in [5, 5.41) is 14.7. The molecule has 0 heterocycles. The number of aliphatic hydroxyl groups excluding tert-OH is 1. The number of carbonyl (C=O) groups is 2. The van der Waals surface area contributed by atoms with Crippen molar-refractivity contribution in [2.24, 2.45) is 0 Å². The van der Waals surface area contributed by atoms with Gasteiger partial charge in [0.1, 0.15) is 5.82 Å². The van der Waals surface area contributed by atoms with Crippen LogP contribution in [0.5, 0.6) is 0 Å². The standard InChI is InChI=1S/C18H19FN2O3S/c1-11-3-6-13(9-15(11)19)21-18(24)17(23)20-10-16(22)12-4-7-14(25-2)8-5-12/h3-9,16,22H,10H2,1-2H3,(H,20,23)(H,21,24). The van der Waals surface area contributed by atoms with E-state index >= 15 is 0 Å². The molecule has 0 aliphatic heterocycles. The second-order valence-corrected chi connectivity index (χ2v) is 6.30. The van der Waals surface area contributed by atoms with Gasteiger partial charge in [-0.1, -0.05) is 18.2 Å². The third kappa shape index (κ3) is 5.30. The quantitative estimate of drug-likeness (QED) is 0.564. The molecule has 132 valence electrons. The summed E-state index contributed by atoms with van der Waals surface area (Å²) in [6.07, 6.45) is 1.02. The van der Waals surface area contributed by atoms with Crippen molar-refractivity contribution in [3.05, 3.63) is 59.4 Å². The molecule has 1 atom stereocenters. The van der Waals surface area contributed by atoms with Gasteiger partial charge in [0.25, 0.3) is 0 Å². The summed E-state index contributed by atoms with van der Waals surface area (Å²) in [5.41, 5.74) is 1.27. The number of halogens is 1. The molecule has 2 aromatic rings. The van der Waals surface area contributed by atoms with Crippen LogP contribution in [-0.2, 0) is 9.59 Å². The van der Waals surface area contributed by atoms with Gasteiger partial charge in [0, 0.05) is 17.1 Å². The van der Waals surface area contributed by atoms with E-state index in [-0.39, 0.29) is 12.2 Å². The first-order chi connectivity index (χ1) is 11.9. The van der Waals surface area contributed by atoms with E-state index in [0.717, 1.165) is 11.0 Å². The molecule has 0 bridgehead atoms. The van der Waals surface area contributed by atoms with Gasteiger partial charge in [-0.25, -0.2) is 4.39 Å². The van der Waals surface area contributed by atoms with Crippen LogP contribution >= 0.6 is 11.8 Å². The minimum absolute atomic E-state index is 0.104. The van der Waals surface area contributed by atoms with Crippen LogP contribution in [-0.4, -0.2) is 29.7 Å². The lowest BCUT2D eigenvalue weighted by Crippen LogP contribution is -2.37. The van der Waals surface area contributed by atoms with E-state index in [1.54, 1.807) is 30.8 Å². The minimum Gasteiger partial charge on any atom is -0.387 e. The maximum atomic E-state index is 13.4. The Morgan fingerprint density at radius 1 is 1.16 bits per heavy atom. The topological polar surface area (TPSA) is 78.4 Å². The number of aliphatic hydroxyl groups is 1. The Labute approximate surface area is 149 Å². The van der Waals surface area contributed by atoms with Gasteiger partial charge in [0.05, 0.1) is 6.10 Å². The zero-order valence-electron chi connectivity index (χ0n) is 13.9. The van der Waals surface area contributed by atoms with E-state index < -0.39 is 23.7 Å². The van der Waals surface area contributed by atoms with Crippen LogP contribution in [0.4, 0.5) is 10.1 Å². The van der Waals surface area contributed by atoms with Crippen LogP contribution in [0.2, 0.25) is 0 Å². The van der Waals surface area contributed by atoms with Crippen LogP contribution in [0.3, 0.4) is 0 Å². The van der Waals surface area contributed by atoms with Gasteiger partial charge < -0.3 is 15.7 Å². The zero-order chi connectivity index (χ0) is 18.4. The molecule has 7 heteroatoms. The molecule has 0 spiro atoms. The summed E-state index contributed by atoms with van der Waals surface area (Å²) in [5.74, 6) is -2.30. The fraction of sp³-hybridized carbons (Fsp3) is 0.222. The lowest BCUT2D eigenvalue weighted by Gasteiger charge is -2.13. The SMILES string of the molecule is CSc1ccc(C(O)CNC(=O)C(=O)Nc2ccc(C)c(F)c2)cc1. The Hall–Kier alpha value is -2.38. The van der Waals surface area contributed by atoms with Gasteiger partial charge in [0.15, 0.2) is 0 Å². The van der Waals surface area contributed by atoms with Crippen molar-refractivity contribution >= 4 is 29.3 Å². The van der Waals surface area contributed by atoms with Crippen LogP contribution in [0, 0.1) is 12.7 Å². The molecule has 0 aromatic heterocycles. The molecule has 0 aliphatic rings. The van der Waals surface area contributed by atoms with Crippen LogP contribution < -0.4 is 10.6 Å². The number of hydrogen-bond acceptors (Lipinski definition) is 4. The highest BCUT2D eigenvalue weighted by atomic mass is 32.2. The van der Waals surface area contributed by atoms with E-state index in [1.165, 1.54) is 12.1 Å². The van der Waals surface area contributed by atoms with E-state index in [4.69, 9.17) is 0 Å². The van der Waals surface area contributed by atoms with Gasteiger partial charge in [-0.3, -0.25) is 9.59 Å². The number of aryl methyl sites for hydroxylation is 1. The van der Waals surface area contributed by atoms with Crippen molar-refractivity contribution in [2.45, 2.75) is 17.9 Å². The molecule has 0 fully saturated rings. The number of amides is 2. The Balaban J connectivity index is 1.87. The first kappa shape index (κ1) is 19.0. The number of carbonyl (C=O) groups excluding carboxylic acids is 2. The van der Waals surface area contributed by atoms with Crippen molar-refractivity contribution in [1.29, 1.82) is 0 Å². The summed E-state index contributed by atoms with van der Waals surface area (Å²) >= 11 is 1.58. The molecule has 25 heavy (non-hydrogen) atoms. The molecule has 0 aliphatic carbocycles. The molecule has 2 rings (SSSR count).